The monoisotopic (exact) mass is 296 g/mol. The maximum absolute atomic E-state index is 12.2. The average Bonchev–Trinajstić information content (AvgIpc) is 3.00. The standard InChI is InChI=1S/C15H24N2O2S/c1-12(10-19-3)15(18)17-7-5-16(6-8-17)13(2)14-4-9-20-11-14/h4,9,11-13H,5-8,10H2,1-3H3. The van der Waals surface area contributed by atoms with Crippen molar-refractivity contribution in [2.45, 2.75) is 19.9 Å². The molecule has 0 N–H and O–H groups in total. The third kappa shape index (κ3) is 3.59. The lowest BCUT2D eigenvalue weighted by atomic mass is 10.1. The van der Waals surface area contributed by atoms with Gasteiger partial charge >= 0.3 is 0 Å². The molecule has 1 aromatic rings. The molecule has 0 bridgehead atoms. The van der Waals surface area contributed by atoms with Gasteiger partial charge in [0.15, 0.2) is 0 Å². The van der Waals surface area contributed by atoms with Crippen molar-refractivity contribution >= 4 is 17.2 Å². The molecular weight excluding hydrogens is 272 g/mol. The van der Waals surface area contributed by atoms with Crippen LogP contribution in [0, 0.1) is 5.92 Å². The molecule has 1 amide bonds. The minimum Gasteiger partial charge on any atom is -0.384 e. The van der Waals surface area contributed by atoms with Crippen LogP contribution in [0.4, 0.5) is 0 Å². The molecule has 2 heterocycles. The minimum absolute atomic E-state index is 0.0409. The summed E-state index contributed by atoms with van der Waals surface area (Å²) in [7, 11) is 1.64. The van der Waals surface area contributed by atoms with Crippen LogP contribution in [0.2, 0.25) is 0 Å². The van der Waals surface area contributed by atoms with Crippen molar-refractivity contribution in [1.82, 2.24) is 9.80 Å². The fourth-order valence-electron chi connectivity index (χ4n) is 2.69. The van der Waals surface area contributed by atoms with Gasteiger partial charge in [0.1, 0.15) is 0 Å². The maximum atomic E-state index is 12.2. The molecule has 0 saturated carbocycles. The van der Waals surface area contributed by atoms with Gasteiger partial charge in [0.25, 0.3) is 0 Å². The fraction of sp³-hybridized carbons (Fsp3) is 0.667. The molecule has 0 aliphatic carbocycles. The molecule has 0 spiro atoms. The van der Waals surface area contributed by atoms with Crippen LogP contribution in [0.3, 0.4) is 0 Å². The molecule has 1 fully saturated rings. The molecule has 112 valence electrons. The molecule has 20 heavy (non-hydrogen) atoms. The van der Waals surface area contributed by atoms with E-state index in [0.717, 1.165) is 26.2 Å². The van der Waals surface area contributed by atoms with E-state index in [1.54, 1.807) is 18.4 Å². The summed E-state index contributed by atoms with van der Waals surface area (Å²) in [6, 6.07) is 2.63. The Morgan fingerprint density at radius 3 is 2.60 bits per heavy atom. The van der Waals surface area contributed by atoms with Crippen molar-refractivity contribution in [3.05, 3.63) is 22.4 Å². The number of amides is 1. The van der Waals surface area contributed by atoms with Gasteiger partial charge < -0.3 is 9.64 Å². The average molecular weight is 296 g/mol. The molecule has 1 aromatic heterocycles. The number of ether oxygens (including phenoxy) is 1. The number of nitrogens with zero attached hydrogens (tertiary/aromatic N) is 2. The van der Waals surface area contributed by atoms with E-state index in [1.165, 1.54) is 5.56 Å². The summed E-state index contributed by atoms with van der Waals surface area (Å²) >= 11 is 1.74. The van der Waals surface area contributed by atoms with E-state index < -0.39 is 0 Å². The third-order valence-corrected chi connectivity index (χ3v) is 4.74. The number of rotatable bonds is 5. The van der Waals surface area contributed by atoms with Crippen molar-refractivity contribution in [3.8, 4) is 0 Å². The van der Waals surface area contributed by atoms with Crippen molar-refractivity contribution in [1.29, 1.82) is 0 Å². The molecule has 0 radical (unpaired) electrons. The highest BCUT2D eigenvalue weighted by Gasteiger charge is 2.27. The largest absolute Gasteiger partial charge is 0.384 e. The van der Waals surface area contributed by atoms with Crippen molar-refractivity contribution in [2.75, 3.05) is 39.9 Å². The summed E-state index contributed by atoms with van der Waals surface area (Å²) in [5.41, 5.74) is 1.38. The summed E-state index contributed by atoms with van der Waals surface area (Å²) < 4.78 is 5.07. The van der Waals surface area contributed by atoms with Crippen LogP contribution >= 0.6 is 11.3 Å². The second-order valence-corrected chi connectivity index (χ2v) is 6.23. The smallest absolute Gasteiger partial charge is 0.227 e. The number of carbonyl (C=O) groups excluding carboxylic acids is 1. The second kappa shape index (κ2) is 7.20. The summed E-state index contributed by atoms with van der Waals surface area (Å²) in [5.74, 6) is 0.176. The van der Waals surface area contributed by atoms with E-state index >= 15 is 0 Å². The molecule has 1 aliphatic rings. The van der Waals surface area contributed by atoms with E-state index in [9.17, 15) is 4.79 Å². The maximum Gasteiger partial charge on any atom is 0.227 e. The van der Waals surface area contributed by atoms with Crippen molar-refractivity contribution in [2.24, 2.45) is 5.92 Å². The number of hydrogen-bond acceptors (Lipinski definition) is 4. The van der Waals surface area contributed by atoms with E-state index in [0.29, 0.717) is 12.6 Å². The van der Waals surface area contributed by atoms with Gasteiger partial charge in [-0.15, -0.1) is 0 Å². The molecule has 4 nitrogen and oxygen atoms in total. The topological polar surface area (TPSA) is 32.8 Å². The van der Waals surface area contributed by atoms with Crippen molar-refractivity contribution in [3.63, 3.8) is 0 Å². The van der Waals surface area contributed by atoms with E-state index in [2.05, 4.69) is 28.7 Å². The predicted molar refractivity (Wildman–Crippen MR) is 81.9 cm³/mol. The SMILES string of the molecule is COCC(C)C(=O)N1CCN(C(C)c2ccsc2)CC1. The van der Waals surface area contributed by atoms with Gasteiger partial charge in [-0.25, -0.2) is 0 Å². The zero-order chi connectivity index (χ0) is 14.5. The summed E-state index contributed by atoms with van der Waals surface area (Å²) in [4.78, 5) is 16.6. The van der Waals surface area contributed by atoms with Gasteiger partial charge in [0, 0.05) is 39.3 Å². The number of methoxy groups -OCH3 is 1. The minimum atomic E-state index is -0.0409. The second-order valence-electron chi connectivity index (χ2n) is 5.45. The van der Waals surface area contributed by atoms with Gasteiger partial charge in [-0.1, -0.05) is 6.92 Å². The fourth-order valence-corrected chi connectivity index (χ4v) is 3.43. The van der Waals surface area contributed by atoms with Crippen LogP contribution in [-0.4, -0.2) is 55.6 Å². The van der Waals surface area contributed by atoms with E-state index in [4.69, 9.17) is 4.74 Å². The zero-order valence-corrected chi connectivity index (χ0v) is 13.4. The molecule has 2 rings (SSSR count). The highest BCUT2D eigenvalue weighted by molar-refractivity contribution is 7.07. The molecule has 0 aromatic carbocycles. The van der Waals surface area contributed by atoms with Crippen molar-refractivity contribution < 1.29 is 9.53 Å². The summed E-state index contributed by atoms with van der Waals surface area (Å²) in [5, 5.41) is 4.33. The Morgan fingerprint density at radius 2 is 2.05 bits per heavy atom. The molecule has 2 atom stereocenters. The Hall–Kier alpha value is -0.910. The Morgan fingerprint density at radius 1 is 1.35 bits per heavy atom. The quantitative estimate of drug-likeness (QED) is 0.835. The normalized spacial score (nSPS) is 19.9. The number of carbonyl (C=O) groups is 1. The Bertz CT molecular complexity index is 414. The van der Waals surface area contributed by atoms with Gasteiger partial charge in [-0.2, -0.15) is 11.3 Å². The highest BCUT2D eigenvalue weighted by atomic mass is 32.1. The first-order chi connectivity index (χ1) is 9.63. The Balaban J connectivity index is 1.84. The molecule has 1 aliphatic heterocycles. The zero-order valence-electron chi connectivity index (χ0n) is 12.5. The van der Waals surface area contributed by atoms with Crippen LogP contribution in [0.25, 0.3) is 0 Å². The lowest BCUT2D eigenvalue weighted by Crippen LogP contribution is -2.50. The first-order valence-electron chi connectivity index (χ1n) is 7.17. The first kappa shape index (κ1) is 15.5. The highest BCUT2D eigenvalue weighted by Crippen LogP contribution is 2.23. The van der Waals surface area contributed by atoms with Gasteiger partial charge in [-0.05, 0) is 29.3 Å². The van der Waals surface area contributed by atoms with Crippen LogP contribution in [0.1, 0.15) is 25.5 Å². The lowest BCUT2D eigenvalue weighted by Gasteiger charge is -2.38. The predicted octanol–water partition coefficient (Wildman–Crippen LogP) is 2.24. The van der Waals surface area contributed by atoms with Gasteiger partial charge in [-0.3, -0.25) is 9.69 Å². The van der Waals surface area contributed by atoms with Gasteiger partial charge in [0.05, 0.1) is 12.5 Å². The van der Waals surface area contributed by atoms with Crippen LogP contribution < -0.4 is 0 Å². The van der Waals surface area contributed by atoms with Crippen LogP contribution in [0.15, 0.2) is 16.8 Å². The van der Waals surface area contributed by atoms with Crippen LogP contribution in [-0.2, 0) is 9.53 Å². The summed E-state index contributed by atoms with van der Waals surface area (Å²) in [6.07, 6.45) is 0. The Labute approximate surface area is 125 Å². The third-order valence-electron chi connectivity index (χ3n) is 4.04. The molecule has 1 saturated heterocycles. The number of piperazine rings is 1. The molecule has 2 unspecified atom stereocenters. The number of thiophene rings is 1. The summed E-state index contributed by atoms with van der Waals surface area (Å²) in [6.45, 7) is 8.22. The molecule has 5 heteroatoms. The molecular formula is C15H24N2O2S. The van der Waals surface area contributed by atoms with E-state index in [-0.39, 0.29) is 11.8 Å². The Kier molecular flexibility index (Phi) is 5.57. The van der Waals surface area contributed by atoms with Crippen LogP contribution in [0.5, 0.6) is 0 Å². The number of hydrogen-bond donors (Lipinski definition) is 0. The lowest BCUT2D eigenvalue weighted by molar-refractivity contribution is -0.138. The first-order valence-corrected chi connectivity index (χ1v) is 8.11. The van der Waals surface area contributed by atoms with Gasteiger partial charge in [0.2, 0.25) is 5.91 Å². The van der Waals surface area contributed by atoms with E-state index in [1.807, 2.05) is 11.8 Å².